The van der Waals surface area contributed by atoms with E-state index in [-0.39, 0.29) is 18.2 Å². The van der Waals surface area contributed by atoms with Crippen molar-refractivity contribution in [3.8, 4) is 5.75 Å². The lowest BCUT2D eigenvalue weighted by Gasteiger charge is -2.35. The Labute approximate surface area is 143 Å². The first-order chi connectivity index (χ1) is 11.5. The van der Waals surface area contributed by atoms with Gasteiger partial charge in [-0.25, -0.2) is 0 Å². The van der Waals surface area contributed by atoms with Crippen LogP contribution >= 0.6 is 0 Å². The number of carbonyl (C=O) groups is 2. The molecule has 6 nitrogen and oxygen atoms in total. The van der Waals surface area contributed by atoms with Crippen LogP contribution in [0, 0.1) is 6.92 Å². The van der Waals surface area contributed by atoms with Gasteiger partial charge in [0, 0.05) is 33.2 Å². The van der Waals surface area contributed by atoms with Gasteiger partial charge in [0.15, 0.2) is 0 Å². The minimum Gasteiger partial charge on any atom is -0.496 e. The van der Waals surface area contributed by atoms with Crippen molar-refractivity contribution in [3.63, 3.8) is 0 Å². The van der Waals surface area contributed by atoms with Crippen LogP contribution in [0.15, 0.2) is 18.2 Å². The Balaban J connectivity index is 2.12. The summed E-state index contributed by atoms with van der Waals surface area (Å²) < 4.78 is 5.29. The van der Waals surface area contributed by atoms with E-state index in [0.717, 1.165) is 23.4 Å². The molecule has 0 spiro atoms. The van der Waals surface area contributed by atoms with E-state index in [1.807, 2.05) is 26.0 Å². The zero-order valence-corrected chi connectivity index (χ0v) is 15.0. The molecule has 1 heterocycles. The number of benzene rings is 1. The van der Waals surface area contributed by atoms with E-state index in [9.17, 15) is 9.59 Å². The lowest BCUT2D eigenvalue weighted by Crippen LogP contribution is -2.56. The summed E-state index contributed by atoms with van der Waals surface area (Å²) in [4.78, 5) is 28.2. The Morgan fingerprint density at radius 3 is 2.83 bits per heavy atom. The monoisotopic (exact) mass is 333 g/mol. The number of nitrogens with one attached hydrogen (secondary N) is 1. The lowest BCUT2D eigenvalue weighted by molar-refractivity contribution is -0.138. The van der Waals surface area contributed by atoms with E-state index in [2.05, 4.69) is 16.3 Å². The summed E-state index contributed by atoms with van der Waals surface area (Å²) in [6.45, 7) is 6.57. The molecular weight excluding hydrogens is 306 g/mol. The van der Waals surface area contributed by atoms with Crippen LogP contribution in [-0.2, 0) is 16.1 Å². The molecule has 0 unspecified atom stereocenters. The van der Waals surface area contributed by atoms with E-state index in [4.69, 9.17) is 4.74 Å². The molecule has 1 aliphatic heterocycles. The maximum Gasteiger partial charge on any atom is 0.237 e. The lowest BCUT2D eigenvalue weighted by atomic mass is 10.0. The van der Waals surface area contributed by atoms with Crippen LogP contribution in [0.4, 0.5) is 0 Å². The molecule has 2 rings (SSSR count). The molecular formula is C18H27N3O3. The van der Waals surface area contributed by atoms with Gasteiger partial charge in [-0.1, -0.05) is 12.1 Å². The van der Waals surface area contributed by atoms with Crippen LogP contribution in [0.1, 0.15) is 24.5 Å². The van der Waals surface area contributed by atoms with Gasteiger partial charge in [0.25, 0.3) is 0 Å². The molecule has 1 aliphatic rings. The minimum absolute atomic E-state index is 0.00420. The molecule has 0 bridgehead atoms. The van der Waals surface area contributed by atoms with Crippen LogP contribution < -0.4 is 10.1 Å². The van der Waals surface area contributed by atoms with Crippen molar-refractivity contribution < 1.29 is 14.3 Å². The summed E-state index contributed by atoms with van der Waals surface area (Å²) in [6, 6.07) is 5.61. The highest BCUT2D eigenvalue weighted by molar-refractivity contribution is 5.88. The molecule has 1 atom stereocenters. The maximum atomic E-state index is 12.3. The fourth-order valence-corrected chi connectivity index (χ4v) is 2.94. The normalized spacial score (nSPS) is 18.2. The first-order valence-electron chi connectivity index (χ1n) is 8.35. The van der Waals surface area contributed by atoms with Gasteiger partial charge in [0.1, 0.15) is 5.75 Å². The SMILES string of the molecule is CCN(C)C(=O)C[C@H]1C(=O)NCCN1Cc1ccc(OC)c(C)c1. The highest BCUT2D eigenvalue weighted by Crippen LogP contribution is 2.21. The van der Waals surface area contributed by atoms with Crippen molar-refractivity contribution >= 4 is 11.8 Å². The molecule has 2 amide bonds. The van der Waals surface area contributed by atoms with E-state index in [0.29, 0.717) is 19.6 Å². The zero-order valence-electron chi connectivity index (χ0n) is 15.0. The van der Waals surface area contributed by atoms with Gasteiger partial charge in [0.05, 0.1) is 19.6 Å². The first kappa shape index (κ1) is 18.3. The molecule has 1 fully saturated rings. The summed E-state index contributed by atoms with van der Waals surface area (Å²) in [5.41, 5.74) is 2.18. The number of piperazine rings is 1. The van der Waals surface area contributed by atoms with Crippen LogP contribution in [-0.4, -0.2) is 61.4 Å². The maximum absolute atomic E-state index is 12.3. The summed E-state index contributed by atoms with van der Waals surface area (Å²) in [5.74, 6) is 0.784. The van der Waals surface area contributed by atoms with Crippen molar-refractivity contribution in [2.45, 2.75) is 32.9 Å². The number of nitrogens with zero attached hydrogens (tertiary/aromatic N) is 2. The molecule has 1 aromatic carbocycles. The van der Waals surface area contributed by atoms with Gasteiger partial charge in [-0.2, -0.15) is 0 Å². The fraction of sp³-hybridized carbons (Fsp3) is 0.556. The van der Waals surface area contributed by atoms with Crippen LogP contribution in [0.3, 0.4) is 0 Å². The second kappa shape index (κ2) is 8.15. The van der Waals surface area contributed by atoms with E-state index in [1.165, 1.54) is 0 Å². The second-order valence-corrected chi connectivity index (χ2v) is 6.19. The van der Waals surface area contributed by atoms with Crippen LogP contribution in [0.5, 0.6) is 5.75 Å². The summed E-state index contributed by atoms with van der Waals surface area (Å²) in [6.07, 6.45) is 0.214. The number of hydrogen-bond acceptors (Lipinski definition) is 4. The van der Waals surface area contributed by atoms with Gasteiger partial charge in [-0.05, 0) is 31.0 Å². The summed E-state index contributed by atoms with van der Waals surface area (Å²) in [5, 5.41) is 2.87. The minimum atomic E-state index is -0.414. The largest absolute Gasteiger partial charge is 0.496 e. The molecule has 0 radical (unpaired) electrons. The second-order valence-electron chi connectivity index (χ2n) is 6.19. The Bertz CT molecular complexity index is 603. The molecule has 1 aromatic rings. The van der Waals surface area contributed by atoms with Gasteiger partial charge in [-0.15, -0.1) is 0 Å². The number of rotatable bonds is 6. The first-order valence-corrected chi connectivity index (χ1v) is 8.35. The van der Waals surface area contributed by atoms with Crippen molar-refractivity contribution in [1.82, 2.24) is 15.1 Å². The van der Waals surface area contributed by atoms with Crippen LogP contribution in [0.25, 0.3) is 0 Å². The number of carbonyl (C=O) groups excluding carboxylic acids is 2. The molecule has 1 N–H and O–H groups in total. The highest BCUT2D eigenvalue weighted by atomic mass is 16.5. The third kappa shape index (κ3) is 4.26. The molecule has 0 aliphatic carbocycles. The van der Waals surface area contributed by atoms with Crippen molar-refractivity contribution in [1.29, 1.82) is 0 Å². The van der Waals surface area contributed by atoms with Gasteiger partial charge >= 0.3 is 0 Å². The van der Waals surface area contributed by atoms with E-state index >= 15 is 0 Å². The molecule has 0 saturated carbocycles. The Morgan fingerprint density at radius 1 is 1.46 bits per heavy atom. The third-order valence-electron chi connectivity index (χ3n) is 4.55. The van der Waals surface area contributed by atoms with Gasteiger partial charge in [-0.3, -0.25) is 14.5 Å². The van der Waals surface area contributed by atoms with Gasteiger partial charge in [0.2, 0.25) is 11.8 Å². The molecule has 6 heteroatoms. The van der Waals surface area contributed by atoms with E-state index < -0.39 is 6.04 Å². The number of methoxy groups -OCH3 is 1. The molecule has 132 valence electrons. The Kier molecular flexibility index (Phi) is 6.20. The number of ether oxygens (including phenoxy) is 1. The number of amides is 2. The zero-order chi connectivity index (χ0) is 17.7. The highest BCUT2D eigenvalue weighted by Gasteiger charge is 2.32. The number of aryl methyl sites for hydroxylation is 1. The Hall–Kier alpha value is -2.08. The van der Waals surface area contributed by atoms with Crippen molar-refractivity contribution in [3.05, 3.63) is 29.3 Å². The average molecular weight is 333 g/mol. The van der Waals surface area contributed by atoms with Crippen molar-refractivity contribution in [2.75, 3.05) is 33.8 Å². The molecule has 0 aromatic heterocycles. The number of hydrogen-bond donors (Lipinski definition) is 1. The smallest absolute Gasteiger partial charge is 0.237 e. The quantitative estimate of drug-likeness (QED) is 0.849. The predicted octanol–water partition coefficient (Wildman–Crippen LogP) is 1.17. The topological polar surface area (TPSA) is 61.9 Å². The van der Waals surface area contributed by atoms with Crippen molar-refractivity contribution in [2.24, 2.45) is 0 Å². The standard InChI is InChI=1S/C18H27N3O3/c1-5-20(3)17(22)11-15-18(23)19-8-9-21(15)12-14-6-7-16(24-4)13(2)10-14/h6-7,10,15H,5,8-9,11-12H2,1-4H3,(H,19,23)/t15-/m0/s1. The predicted molar refractivity (Wildman–Crippen MR) is 92.9 cm³/mol. The summed E-state index contributed by atoms with van der Waals surface area (Å²) in [7, 11) is 3.42. The fourth-order valence-electron chi connectivity index (χ4n) is 2.94. The summed E-state index contributed by atoms with van der Waals surface area (Å²) >= 11 is 0. The van der Waals surface area contributed by atoms with Gasteiger partial charge < -0.3 is 15.0 Å². The van der Waals surface area contributed by atoms with Crippen LogP contribution in [0.2, 0.25) is 0 Å². The van der Waals surface area contributed by atoms with E-state index in [1.54, 1.807) is 19.1 Å². The molecule has 1 saturated heterocycles. The Morgan fingerprint density at radius 2 is 2.21 bits per heavy atom. The molecule has 24 heavy (non-hydrogen) atoms. The third-order valence-corrected chi connectivity index (χ3v) is 4.55. The average Bonchev–Trinajstić information content (AvgIpc) is 2.57.